The summed E-state index contributed by atoms with van der Waals surface area (Å²) in [5.74, 6) is -2.45. The summed E-state index contributed by atoms with van der Waals surface area (Å²) in [7, 11) is 3.15. The molecule has 0 bridgehead atoms. The Labute approximate surface area is 231 Å². The lowest BCUT2D eigenvalue weighted by atomic mass is 10.0. The van der Waals surface area contributed by atoms with Crippen LogP contribution in [0.15, 0.2) is 53.7 Å². The molecule has 0 spiro atoms. The zero-order valence-electron chi connectivity index (χ0n) is 21.7. The lowest BCUT2D eigenvalue weighted by Gasteiger charge is -2.15. The number of aliphatic carboxylic acids is 1. The molecule has 0 saturated carbocycles. The Balaban J connectivity index is 1.60. The van der Waals surface area contributed by atoms with E-state index in [2.05, 4.69) is 15.0 Å². The Morgan fingerprint density at radius 1 is 1.12 bits per heavy atom. The first-order valence-electron chi connectivity index (χ1n) is 12.1. The van der Waals surface area contributed by atoms with Crippen LogP contribution < -0.4 is 4.74 Å². The Bertz CT molecular complexity index is 1540. The maximum Gasteiger partial charge on any atom is 0.417 e. The third-order valence-corrected chi connectivity index (χ3v) is 6.94. The molecule has 0 aliphatic carbocycles. The predicted molar refractivity (Wildman–Crippen MR) is 141 cm³/mol. The first kappa shape index (κ1) is 28.9. The van der Waals surface area contributed by atoms with Crippen LogP contribution >= 0.6 is 11.8 Å². The van der Waals surface area contributed by atoms with Crippen molar-refractivity contribution in [3.05, 3.63) is 65.5 Å². The first-order chi connectivity index (χ1) is 19.0. The van der Waals surface area contributed by atoms with Gasteiger partial charge in [0.1, 0.15) is 17.0 Å². The van der Waals surface area contributed by atoms with E-state index in [1.165, 1.54) is 28.6 Å². The second-order valence-corrected chi connectivity index (χ2v) is 9.95. The van der Waals surface area contributed by atoms with Crippen LogP contribution in [0.25, 0.3) is 22.7 Å². The van der Waals surface area contributed by atoms with Crippen LogP contribution in [0.4, 0.5) is 13.2 Å². The number of thioether (sulfide) groups is 1. The van der Waals surface area contributed by atoms with Crippen LogP contribution in [0.5, 0.6) is 5.75 Å². The third kappa shape index (κ3) is 6.19. The van der Waals surface area contributed by atoms with Gasteiger partial charge in [0, 0.05) is 30.8 Å². The minimum atomic E-state index is -4.57. The topological polar surface area (TPSA) is 116 Å². The SMILES string of the molecule is CCSc1cc(C(C(=O)O)C(=O)OCCc2ccc(OC)cc2)cnc1-c1nc2cc(C(F)(F)F)cnc2n1C. The zero-order chi connectivity index (χ0) is 29.0. The van der Waals surface area contributed by atoms with Gasteiger partial charge in [-0.05, 0) is 41.1 Å². The minimum absolute atomic E-state index is 0.0240. The van der Waals surface area contributed by atoms with Crippen LogP contribution in [-0.2, 0) is 34.0 Å². The quantitative estimate of drug-likeness (QED) is 0.156. The molecule has 40 heavy (non-hydrogen) atoms. The molecule has 0 aliphatic heterocycles. The second-order valence-electron chi connectivity index (χ2n) is 8.64. The Morgan fingerprint density at radius 2 is 1.85 bits per heavy atom. The fourth-order valence-corrected chi connectivity index (χ4v) is 4.83. The molecule has 3 aromatic heterocycles. The van der Waals surface area contributed by atoms with E-state index in [0.29, 0.717) is 28.5 Å². The van der Waals surface area contributed by atoms with Crippen molar-refractivity contribution in [3.63, 3.8) is 0 Å². The molecule has 0 aliphatic rings. The van der Waals surface area contributed by atoms with E-state index >= 15 is 0 Å². The van der Waals surface area contributed by atoms with E-state index in [0.717, 1.165) is 17.8 Å². The lowest BCUT2D eigenvalue weighted by Crippen LogP contribution is -2.25. The number of hydrogen-bond acceptors (Lipinski definition) is 8. The number of imidazole rings is 1. The summed E-state index contributed by atoms with van der Waals surface area (Å²) >= 11 is 1.32. The molecule has 13 heteroatoms. The number of rotatable bonds is 10. The molecule has 0 amide bonds. The molecule has 0 fully saturated rings. The number of benzene rings is 1. The highest BCUT2D eigenvalue weighted by molar-refractivity contribution is 7.99. The number of carboxylic acids is 1. The summed E-state index contributed by atoms with van der Waals surface area (Å²) in [6.45, 7) is 1.85. The number of pyridine rings is 2. The monoisotopic (exact) mass is 574 g/mol. The standard InChI is InChI=1S/C27H25F3N4O5S/c1-4-40-20-11-16(21(25(35)36)26(37)39-10-9-15-5-7-18(38-3)8-6-15)13-31-22(20)24-33-19-12-17(27(28,29)30)14-32-23(19)34(24)2/h5-8,11-14,21H,4,9-10H2,1-3H3,(H,35,36). The van der Waals surface area contributed by atoms with Crippen LogP contribution in [0.2, 0.25) is 0 Å². The predicted octanol–water partition coefficient (Wildman–Crippen LogP) is 5.12. The van der Waals surface area contributed by atoms with Crippen molar-refractivity contribution in [3.8, 4) is 17.3 Å². The number of aryl methyl sites for hydroxylation is 1. The molecule has 1 aromatic carbocycles. The highest BCUT2D eigenvalue weighted by Crippen LogP contribution is 2.35. The van der Waals surface area contributed by atoms with Crippen molar-refractivity contribution in [2.75, 3.05) is 19.5 Å². The van der Waals surface area contributed by atoms with E-state index in [4.69, 9.17) is 9.47 Å². The highest BCUT2D eigenvalue weighted by Gasteiger charge is 2.33. The van der Waals surface area contributed by atoms with Gasteiger partial charge in [0.25, 0.3) is 0 Å². The van der Waals surface area contributed by atoms with Crippen LogP contribution in [0.3, 0.4) is 0 Å². The van der Waals surface area contributed by atoms with E-state index in [-0.39, 0.29) is 29.2 Å². The normalized spacial score (nSPS) is 12.3. The number of fused-ring (bicyclic) bond motifs is 1. The zero-order valence-corrected chi connectivity index (χ0v) is 22.5. The van der Waals surface area contributed by atoms with Gasteiger partial charge in [-0.3, -0.25) is 14.6 Å². The molecule has 1 atom stereocenters. The molecule has 210 valence electrons. The molecular weight excluding hydrogens is 549 g/mol. The molecular formula is C27H25F3N4O5S. The van der Waals surface area contributed by atoms with Gasteiger partial charge in [-0.2, -0.15) is 13.2 Å². The lowest BCUT2D eigenvalue weighted by molar-refractivity contribution is -0.154. The molecule has 4 rings (SSSR count). The van der Waals surface area contributed by atoms with Crippen LogP contribution in [-0.4, -0.2) is 56.0 Å². The average Bonchev–Trinajstić information content (AvgIpc) is 3.24. The van der Waals surface area contributed by atoms with Gasteiger partial charge in [0.15, 0.2) is 17.4 Å². The van der Waals surface area contributed by atoms with Gasteiger partial charge in [0.2, 0.25) is 0 Å². The fraction of sp³-hybridized carbons (Fsp3) is 0.296. The van der Waals surface area contributed by atoms with Crippen molar-refractivity contribution in [2.24, 2.45) is 7.05 Å². The van der Waals surface area contributed by atoms with E-state index in [1.807, 2.05) is 19.1 Å². The third-order valence-electron chi connectivity index (χ3n) is 6.03. The van der Waals surface area contributed by atoms with Crippen molar-refractivity contribution in [1.29, 1.82) is 0 Å². The van der Waals surface area contributed by atoms with E-state index in [1.54, 1.807) is 26.3 Å². The number of carboxylic acid groups (broad SMARTS) is 1. The number of nitrogens with zero attached hydrogens (tertiary/aromatic N) is 4. The number of carbonyl (C=O) groups excluding carboxylic acids is 1. The summed E-state index contributed by atoms with van der Waals surface area (Å²) < 4.78 is 51.4. The summed E-state index contributed by atoms with van der Waals surface area (Å²) in [4.78, 5) is 38.0. The van der Waals surface area contributed by atoms with Gasteiger partial charge >= 0.3 is 18.1 Å². The molecule has 4 aromatic rings. The van der Waals surface area contributed by atoms with E-state index < -0.39 is 29.6 Å². The van der Waals surface area contributed by atoms with Gasteiger partial charge in [-0.25, -0.2) is 9.97 Å². The first-order valence-corrected chi connectivity index (χ1v) is 13.1. The maximum absolute atomic E-state index is 13.2. The summed E-state index contributed by atoms with van der Waals surface area (Å²) in [6, 6.07) is 9.61. The van der Waals surface area contributed by atoms with Crippen molar-refractivity contribution < 1.29 is 37.3 Å². The van der Waals surface area contributed by atoms with Crippen molar-refractivity contribution in [2.45, 2.75) is 30.3 Å². The summed E-state index contributed by atoms with van der Waals surface area (Å²) in [5, 5.41) is 9.84. The van der Waals surface area contributed by atoms with Gasteiger partial charge < -0.3 is 19.1 Å². The number of carbonyl (C=O) groups is 2. The Kier molecular flexibility index (Phi) is 8.62. The number of ether oxygens (including phenoxy) is 2. The molecule has 1 N–H and O–H groups in total. The van der Waals surface area contributed by atoms with Gasteiger partial charge in [0.05, 0.1) is 19.3 Å². The van der Waals surface area contributed by atoms with Crippen molar-refractivity contribution >= 4 is 34.9 Å². The summed E-state index contributed by atoms with van der Waals surface area (Å²) in [6.07, 6.45) is -2.21. The van der Waals surface area contributed by atoms with Gasteiger partial charge in [-0.15, -0.1) is 11.8 Å². The fourth-order valence-electron chi connectivity index (χ4n) is 4.02. The average molecular weight is 575 g/mol. The highest BCUT2D eigenvalue weighted by atomic mass is 32.2. The van der Waals surface area contributed by atoms with Crippen LogP contribution in [0, 0.1) is 0 Å². The number of halogens is 3. The number of hydrogen-bond donors (Lipinski definition) is 1. The maximum atomic E-state index is 13.2. The largest absolute Gasteiger partial charge is 0.497 e. The van der Waals surface area contributed by atoms with Gasteiger partial charge in [-0.1, -0.05) is 19.1 Å². The number of esters is 1. The summed E-state index contributed by atoms with van der Waals surface area (Å²) in [5.41, 5.74) is 0.651. The Morgan fingerprint density at radius 3 is 2.48 bits per heavy atom. The van der Waals surface area contributed by atoms with Crippen LogP contribution in [0.1, 0.15) is 29.5 Å². The molecule has 0 radical (unpaired) electrons. The minimum Gasteiger partial charge on any atom is -0.497 e. The number of alkyl halides is 3. The molecule has 3 heterocycles. The van der Waals surface area contributed by atoms with E-state index in [9.17, 15) is 27.9 Å². The Hall–Kier alpha value is -4.13. The molecule has 0 saturated heterocycles. The second kappa shape index (κ2) is 11.9. The van der Waals surface area contributed by atoms with Crippen molar-refractivity contribution in [1.82, 2.24) is 19.5 Å². The molecule has 9 nitrogen and oxygen atoms in total. The molecule has 1 unspecified atom stereocenters. The number of methoxy groups -OCH3 is 1. The smallest absolute Gasteiger partial charge is 0.417 e. The number of aromatic nitrogens is 4.